The van der Waals surface area contributed by atoms with E-state index in [1.807, 2.05) is 56.3 Å². The van der Waals surface area contributed by atoms with Gasteiger partial charge in [0.1, 0.15) is 0 Å². The Labute approximate surface area is 164 Å². The Hall–Kier alpha value is -2.73. The molecule has 28 heavy (non-hydrogen) atoms. The van der Waals surface area contributed by atoms with E-state index >= 15 is 0 Å². The molecule has 0 bridgehead atoms. The van der Waals surface area contributed by atoms with Crippen LogP contribution in [0.25, 0.3) is 16.8 Å². The van der Waals surface area contributed by atoms with Crippen molar-refractivity contribution in [2.45, 2.75) is 26.3 Å². The average Bonchev–Trinajstić information content (AvgIpc) is 3.18. The van der Waals surface area contributed by atoms with Crippen molar-refractivity contribution in [1.29, 1.82) is 0 Å². The zero-order valence-corrected chi connectivity index (χ0v) is 16.7. The van der Waals surface area contributed by atoms with E-state index in [1.54, 1.807) is 16.8 Å². The van der Waals surface area contributed by atoms with Gasteiger partial charge in [-0.05, 0) is 49.3 Å². The Morgan fingerprint density at radius 3 is 2.61 bits per heavy atom. The highest BCUT2D eigenvalue weighted by Crippen LogP contribution is 2.27. The van der Waals surface area contributed by atoms with Gasteiger partial charge in [0.05, 0.1) is 23.2 Å². The molecule has 0 unspecified atom stereocenters. The number of benzene rings is 2. The minimum atomic E-state index is -2.98. The highest BCUT2D eigenvalue weighted by Gasteiger charge is 2.31. The fraction of sp³-hybridized carbons (Fsp3) is 0.273. The number of rotatable bonds is 4. The first-order valence-electron chi connectivity index (χ1n) is 9.31. The molecule has 1 aliphatic heterocycles. The Bertz CT molecular complexity index is 1210. The number of aryl methyl sites for hydroxylation is 1. The van der Waals surface area contributed by atoms with Crippen LogP contribution in [0.4, 0.5) is 0 Å². The number of carbonyl (C=O) groups is 1. The summed E-state index contributed by atoms with van der Waals surface area (Å²) in [5, 5.41) is 6.67. The monoisotopic (exact) mass is 394 g/mol. The standard InChI is InChI=1S/C22H22N2O3S/c1-15-21(16(2)24(23-15)20-11-12-28(26,27)14-20)9-10-22(25)19-8-7-17-5-3-4-6-18(17)13-19/h3-10,13,20H,11-12,14H2,1-2H3/b10-9+/t20-/m0/s1. The minimum absolute atomic E-state index is 0.0688. The number of carbonyl (C=O) groups excluding carboxylic acids is 1. The van der Waals surface area contributed by atoms with Crippen LogP contribution in [0.15, 0.2) is 48.5 Å². The Balaban J connectivity index is 1.59. The van der Waals surface area contributed by atoms with E-state index in [1.165, 1.54) is 0 Å². The second-order valence-corrected chi connectivity index (χ2v) is 9.57. The van der Waals surface area contributed by atoms with Gasteiger partial charge < -0.3 is 0 Å². The van der Waals surface area contributed by atoms with Crippen LogP contribution in [-0.4, -0.2) is 35.5 Å². The van der Waals surface area contributed by atoms with Crippen molar-refractivity contribution in [1.82, 2.24) is 9.78 Å². The zero-order valence-electron chi connectivity index (χ0n) is 15.9. The van der Waals surface area contributed by atoms with Gasteiger partial charge in [0.25, 0.3) is 0 Å². The summed E-state index contributed by atoms with van der Waals surface area (Å²) < 4.78 is 25.4. The van der Waals surface area contributed by atoms with Crippen LogP contribution in [0.5, 0.6) is 0 Å². The lowest BCUT2D eigenvalue weighted by Crippen LogP contribution is -2.13. The predicted octanol–water partition coefficient (Wildman–Crippen LogP) is 3.91. The van der Waals surface area contributed by atoms with Gasteiger partial charge in [-0.25, -0.2) is 8.42 Å². The molecule has 1 fully saturated rings. The van der Waals surface area contributed by atoms with Crippen LogP contribution >= 0.6 is 0 Å². The molecule has 2 heterocycles. The molecule has 1 aliphatic rings. The summed E-state index contributed by atoms with van der Waals surface area (Å²) in [5.41, 5.74) is 3.20. The summed E-state index contributed by atoms with van der Waals surface area (Å²) in [7, 11) is -2.98. The highest BCUT2D eigenvalue weighted by atomic mass is 32.2. The molecular weight excluding hydrogens is 372 g/mol. The molecule has 6 heteroatoms. The molecule has 1 saturated heterocycles. The summed E-state index contributed by atoms with van der Waals surface area (Å²) in [5.74, 6) is 0.274. The molecule has 144 valence electrons. The zero-order chi connectivity index (χ0) is 19.9. The molecule has 4 rings (SSSR count). The van der Waals surface area contributed by atoms with Gasteiger partial charge in [-0.2, -0.15) is 5.10 Å². The summed E-state index contributed by atoms with van der Waals surface area (Å²) in [6.45, 7) is 3.80. The molecule has 1 aromatic heterocycles. The number of allylic oxidation sites excluding steroid dienone is 1. The quantitative estimate of drug-likeness (QED) is 0.497. The number of ketones is 1. The molecular formula is C22H22N2O3S. The third-order valence-corrected chi connectivity index (χ3v) is 7.12. The second-order valence-electron chi connectivity index (χ2n) is 7.35. The molecule has 0 N–H and O–H groups in total. The first-order chi connectivity index (χ1) is 13.3. The van der Waals surface area contributed by atoms with Crippen LogP contribution in [0, 0.1) is 13.8 Å². The first kappa shape index (κ1) is 18.6. The van der Waals surface area contributed by atoms with E-state index in [0.29, 0.717) is 12.0 Å². The maximum atomic E-state index is 12.6. The van der Waals surface area contributed by atoms with Crippen LogP contribution in [0.2, 0.25) is 0 Å². The summed E-state index contributed by atoms with van der Waals surface area (Å²) >= 11 is 0. The van der Waals surface area contributed by atoms with Gasteiger partial charge in [-0.15, -0.1) is 0 Å². The molecule has 5 nitrogen and oxygen atoms in total. The van der Waals surface area contributed by atoms with Gasteiger partial charge in [0.2, 0.25) is 0 Å². The Morgan fingerprint density at radius 1 is 1.14 bits per heavy atom. The second kappa shape index (κ2) is 7.02. The van der Waals surface area contributed by atoms with E-state index in [2.05, 4.69) is 5.10 Å². The molecule has 3 aromatic rings. The summed E-state index contributed by atoms with van der Waals surface area (Å²) in [4.78, 5) is 12.6. The van der Waals surface area contributed by atoms with E-state index in [4.69, 9.17) is 0 Å². The summed E-state index contributed by atoms with van der Waals surface area (Å²) in [6, 6.07) is 13.5. The van der Waals surface area contributed by atoms with E-state index in [9.17, 15) is 13.2 Å². The van der Waals surface area contributed by atoms with E-state index in [-0.39, 0.29) is 23.3 Å². The number of hydrogen-bond acceptors (Lipinski definition) is 4. The lowest BCUT2D eigenvalue weighted by Gasteiger charge is -2.10. The van der Waals surface area contributed by atoms with Crippen molar-refractivity contribution < 1.29 is 13.2 Å². The smallest absolute Gasteiger partial charge is 0.185 e. The van der Waals surface area contributed by atoms with Crippen molar-refractivity contribution in [3.8, 4) is 0 Å². The van der Waals surface area contributed by atoms with Crippen LogP contribution in [0.1, 0.15) is 39.8 Å². The van der Waals surface area contributed by atoms with Crippen molar-refractivity contribution in [3.63, 3.8) is 0 Å². The third-order valence-electron chi connectivity index (χ3n) is 5.37. The maximum absolute atomic E-state index is 12.6. The highest BCUT2D eigenvalue weighted by molar-refractivity contribution is 7.91. The van der Waals surface area contributed by atoms with Crippen molar-refractivity contribution in [3.05, 3.63) is 71.1 Å². The fourth-order valence-corrected chi connectivity index (χ4v) is 5.53. The van der Waals surface area contributed by atoms with Crippen LogP contribution in [-0.2, 0) is 9.84 Å². The van der Waals surface area contributed by atoms with E-state index < -0.39 is 9.84 Å². The van der Waals surface area contributed by atoms with Gasteiger partial charge in [-0.3, -0.25) is 9.48 Å². The van der Waals surface area contributed by atoms with Crippen molar-refractivity contribution in [2.75, 3.05) is 11.5 Å². The lowest BCUT2D eigenvalue weighted by atomic mass is 10.0. The SMILES string of the molecule is Cc1nn([C@H]2CCS(=O)(=O)C2)c(C)c1/C=C/C(=O)c1ccc2ccccc2c1. The number of aromatic nitrogens is 2. The van der Waals surface area contributed by atoms with E-state index in [0.717, 1.165) is 27.7 Å². The average molecular weight is 394 g/mol. The number of hydrogen-bond donors (Lipinski definition) is 0. The fourth-order valence-electron chi connectivity index (χ4n) is 3.84. The number of sulfone groups is 1. The summed E-state index contributed by atoms with van der Waals surface area (Å²) in [6.07, 6.45) is 3.94. The van der Waals surface area contributed by atoms with Crippen LogP contribution < -0.4 is 0 Å². The molecule has 0 saturated carbocycles. The van der Waals surface area contributed by atoms with Gasteiger partial charge in [0, 0.05) is 16.8 Å². The van der Waals surface area contributed by atoms with Gasteiger partial charge in [-0.1, -0.05) is 36.4 Å². The maximum Gasteiger partial charge on any atom is 0.185 e. The number of nitrogens with zero attached hydrogens (tertiary/aromatic N) is 2. The largest absolute Gasteiger partial charge is 0.289 e. The van der Waals surface area contributed by atoms with Gasteiger partial charge >= 0.3 is 0 Å². The number of fused-ring (bicyclic) bond motifs is 1. The molecule has 0 aliphatic carbocycles. The lowest BCUT2D eigenvalue weighted by molar-refractivity contribution is 0.104. The van der Waals surface area contributed by atoms with Crippen molar-refractivity contribution >= 4 is 32.5 Å². The Kier molecular flexibility index (Phi) is 4.67. The normalized spacial score (nSPS) is 18.9. The van der Waals surface area contributed by atoms with Gasteiger partial charge in [0.15, 0.2) is 15.6 Å². The first-order valence-corrected chi connectivity index (χ1v) is 11.1. The molecule has 0 amide bonds. The topological polar surface area (TPSA) is 69.0 Å². The van der Waals surface area contributed by atoms with Crippen LogP contribution in [0.3, 0.4) is 0 Å². The minimum Gasteiger partial charge on any atom is -0.289 e. The molecule has 0 spiro atoms. The third kappa shape index (κ3) is 3.52. The Morgan fingerprint density at radius 2 is 1.89 bits per heavy atom. The molecule has 1 atom stereocenters. The molecule has 0 radical (unpaired) electrons. The predicted molar refractivity (Wildman–Crippen MR) is 111 cm³/mol. The molecule has 2 aromatic carbocycles. The van der Waals surface area contributed by atoms with Crippen molar-refractivity contribution in [2.24, 2.45) is 0 Å².